The lowest BCUT2D eigenvalue weighted by Crippen LogP contribution is -2.52. The minimum atomic E-state index is -0.357. The lowest BCUT2D eigenvalue weighted by molar-refractivity contribution is -0.131. The van der Waals surface area contributed by atoms with E-state index in [2.05, 4.69) is 5.32 Å². The summed E-state index contributed by atoms with van der Waals surface area (Å²) in [7, 11) is 0. The van der Waals surface area contributed by atoms with Gasteiger partial charge >= 0.3 is 0 Å². The van der Waals surface area contributed by atoms with Gasteiger partial charge in [0.2, 0.25) is 5.91 Å². The number of amides is 1. The molecule has 0 spiro atoms. The number of carbonyl (C=O) groups excluding carboxylic acids is 1. The lowest BCUT2D eigenvalue weighted by atomic mass is 9.63. The molecule has 1 atom stereocenters. The Morgan fingerprint density at radius 2 is 2.06 bits per heavy atom. The predicted molar refractivity (Wildman–Crippen MR) is 71.3 cm³/mol. The Labute approximate surface area is 108 Å². The van der Waals surface area contributed by atoms with Gasteiger partial charge in [0.05, 0.1) is 18.1 Å². The molecule has 2 N–H and O–H groups in total. The van der Waals surface area contributed by atoms with Crippen LogP contribution in [0.3, 0.4) is 0 Å². The first-order valence-electron chi connectivity index (χ1n) is 6.70. The van der Waals surface area contributed by atoms with Gasteiger partial charge in [0, 0.05) is 0 Å². The van der Waals surface area contributed by atoms with E-state index < -0.39 is 0 Å². The molecule has 1 aromatic carbocycles. The summed E-state index contributed by atoms with van der Waals surface area (Å²) in [6, 6.07) is 9.85. The van der Waals surface area contributed by atoms with Crippen LogP contribution in [-0.2, 0) is 10.2 Å². The van der Waals surface area contributed by atoms with Crippen molar-refractivity contribution in [1.29, 1.82) is 0 Å². The van der Waals surface area contributed by atoms with Crippen molar-refractivity contribution in [3.8, 4) is 0 Å². The number of hydrogen-bond donors (Lipinski definition) is 2. The van der Waals surface area contributed by atoms with Gasteiger partial charge in [-0.05, 0) is 24.8 Å². The second kappa shape index (κ2) is 5.53. The van der Waals surface area contributed by atoms with Crippen LogP contribution in [0.2, 0.25) is 0 Å². The third-order valence-electron chi connectivity index (χ3n) is 4.02. The SMILES string of the molecule is CCC(CO)NC(=O)C1(c2ccccc2)CCC1. The Kier molecular flexibility index (Phi) is 4.02. The van der Waals surface area contributed by atoms with Crippen LogP contribution in [0.25, 0.3) is 0 Å². The monoisotopic (exact) mass is 247 g/mol. The first kappa shape index (κ1) is 13.1. The molecular formula is C15H21NO2. The van der Waals surface area contributed by atoms with E-state index in [4.69, 9.17) is 0 Å². The molecule has 1 aliphatic rings. The highest BCUT2D eigenvalue weighted by molar-refractivity contribution is 5.89. The predicted octanol–water partition coefficient (Wildman–Crippen LogP) is 2.00. The largest absolute Gasteiger partial charge is 0.394 e. The molecule has 18 heavy (non-hydrogen) atoms. The zero-order valence-electron chi connectivity index (χ0n) is 10.9. The maximum absolute atomic E-state index is 12.5. The molecule has 1 fully saturated rings. The van der Waals surface area contributed by atoms with Crippen molar-refractivity contribution in [3.05, 3.63) is 35.9 Å². The van der Waals surface area contributed by atoms with Crippen LogP contribution < -0.4 is 5.32 Å². The summed E-state index contributed by atoms with van der Waals surface area (Å²) in [5.41, 5.74) is 0.741. The Morgan fingerprint density at radius 3 is 2.50 bits per heavy atom. The summed E-state index contributed by atoms with van der Waals surface area (Å²) in [5, 5.41) is 12.2. The summed E-state index contributed by atoms with van der Waals surface area (Å²) in [6.07, 6.45) is 3.67. The minimum absolute atomic E-state index is 0.00705. The molecule has 1 unspecified atom stereocenters. The number of rotatable bonds is 5. The van der Waals surface area contributed by atoms with Crippen LogP contribution in [0.4, 0.5) is 0 Å². The Morgan fingerprint density at radius 1 is 1.39 bits per heavy atom. The van der Waals surface area contributed by atoms with Crippen molar-refractivity contribution in [3.63, 3.8) is 0 Å². The fourth-order valence-electron chi connectivity index (χ4n) is 2.53. The molecule has 1 aromatic rings. The highest BCUT2D eigenvalue weighted by Crippen LogP contribution is 2.43. The van der Waals surface area contributed by atoms with Gasteiger partial charge in [-0.3, -0.25) is 4.79 Å². The zero-order chi connectivity index (χ0) is 13.0. The molecule has 1 saturated carbocycles. The molecule has 3 heteroatoms. The first-order chi connectivity index (χ1) is 8.73. The molecule has 98 valence electrons. The first-order valence-corrected chi connectivity index (χ1v) is 6.70. The van der Waals surface area contributed by atoms with Crippen LogP contribution >= 0.6 is 0 Å². The Bertz CT molecular complexity index is 394. The third-order valence-corrected chi connectivity index (χ3v) is 4.02. The summed E-state index contributed by atoms with van der Waals surface area (Å²) in [5.74, 6) is 0.0702. The van der Waals surface area contributed by atoms with E-state index >= 15 is 0 Å². The topological polar surface area (TPSA) is 49.3 Å². The molecule has 0 aromatic heterocycles. The fraction of sp³-hybridized carbons (Fsp3) is 0.533. The number of benzene rings is 1. The van der Waals surface area contributed by atoms with Gasteiger partial charge in [-0.2, -0.15) is 0 Å². The average molecular weight is 247 g/mol. The summed E-state index contributed by atoms with van der Waals surface area (Å²) in [6.45, 7) is 1.98. The molecule has 0 aliphatic heterocycles. The van der Waals surface area contributed by atoms with Gasteiger partial charge in [0.1, 0.15) is 0 Å². The number of aliphatic hydroxyl groups excluding tert-OH is 1. The summed E-state index contributed by atoms with van der Waals surface area (Å²) in [4.78, 5) is 12.5. The minimum Gasteiger partial charge on any atom is -0.394 e. The Balaban J connectivity index is 2.15. The van der Waals surface area contributed by atoms with E-state index in [0.29, 0.717) is 0 Å². The standard InChI is InChI=1S/C15H21NO2/c1-2-13(11-17)16-14(18)15(9-6-10-15)12-7-4-3-5-8-12/h3-5,7-8,13,17H,2,6,9-11H2,1H3,(H,16,18). The van der Waals surface area contributed by atoms with Crippen molar-refractivity contribution in [1.82, 2.24) is 5.32 Å². The Hall–Kier alpha value is -1.35. The van der Waals surface area contributed by atoms with Crippen molar-refractivity contribution in [2.45, 2.75) is 44.1 Å². The van der Waals surface area contributed by atoms with E-state index in [-0.39, 0.29) is 24.0 Å². The van der Waals surface area contributed by atoms with Crippen LogP contribution in [0.1, 0.15) is 38.2 Å². The molecule has 0 heterocycles. The van der Waals surface area contributed by atoms with Crippen LogP contribution in [0.15, 0.2) is 30.3 Å². The van der Waals surface area contributed by atoms with Crippen molar-refractivity contribution < 1.29 is 9.90 Å². The molecular weight excluding hydrogens is 226 g/mol. The molecule has 1 amide bonds. The van der Waals surface area contributed by atoms with Gasteiger partial charge in [0.15, 0.2) is 0 Å². The highest BCUT2D eigenvalue weighted by Gasteiger charge is 2.45. The summed E-state index contributed by atoms with van der Waals surface area (Å²) >= 11 is 0. The second-order valence-corrected chi connectivity index (χ2v) is 5.06. The maximum Gasteiger partial charge on any atom is 0.230 e. The van der Waals surface area contributed by atoms with Gasteiger partial charge in [0.25, 0.3) is 0 Å². The van der Waals surface area contributed by atoms with Gasteiger partial charge in [-0.25, -0.2) is 0 Å². The van der Waals surface area contributed by atoms with E-state index in [1.165, 1.54) is 0 Å². The lowest BCUT2D eigenvalue weighted by Gasteiger charge is -2.41. The highest BCUT2D eigenvalue weighted by atomic mass is 16.3. The van der Waals surface area contributed by atoms with Crippen molar-refractivity contribution >= 4 is 5.91 Å². The van der Waals surface area contributed by atoms with E-state index in [1.807, 2.05) is 37.3 Å². The van der Waals surface area contributed by atoms with E-state index in [9.17, 15) is 9.90 Å². The fourth-order valence-corrected chi connectivity index (χ4v) is 2.53. The molecule has 0 radical (unpaired) electrons. The van der Waals surface area contributed by atoms with Gasteiger partial charge < -0.3 is 10.4 Å². The number of hydrogen-bond acceptors (Lipinski definition) is 2. The molecule has 2 rings (SSSR count). The van der Waals surface area contributed by atoms with E-state index in [1.54, 1.807) is 0 Å². The summed E-state index contributed by atoms with van der Waals surface area (Å²) < 4.78 is 0. The van der Waals surface area contributed by atoms with Gasteiger partial charge in [-0.1, -0.05) is 43.7 Å². The number of nitrogens with one attached hydrogen (secondary N) is 1. The van der Waals surface area contributed by atoms with Crippen LogP contribution in [0.5, 0.6) is 0 Å². The van der Waals surface area contributed by atoms with Crippen molar-refractivity contribution in [2.75, 3.05) is 6.61 Å². The normalized spacial score (nSPS) is 18.8. The molecule has 1 aliphatic carbocycles. The van der Waals surface area contributed by atoms with Crippen molar-refractivity contribution in [2.24, 2.45) is 0 Å². The van der Waals surface area contributed by atoms with Crippen LogP contribution in [0, 0.1) is 0 Å². The molecule has 0 bridgehead atoms. The third kappa shape index (κ3) is 2.27. The quantitative estimate of drug-likeness (QED) is 0.836. The second-order valence-electron chi connectivity index (χ2n) is 5.06. The molecule has 0 saturated heterocycles. The maximum atomic E-state index is 12.5. The smallest absolute Gasteiger partial charge is 0.230 e. The number of carbonyl (C=O) groups is 1. The van der Waals surface area contributed by atoms with Crippen LogP contribution in [-0.4, -0.2) is 23.7 Å². The molecule has 3 nitrogen and oxygen atoms in total. The number of aliphatic hydroxyl groups is 1. The van der Waals surface area contributed by atoms with E-state index in [0.717, 1.165) is 31.2 Å². The zero-order valence-corrected chi connectivity index (χ0v) is 10.9. The van der Waals surface area contributed by atoms with Gasteiger partial charge in [-0.15, -0.1) is 0 Å². The average Bonchev–Trinajstić information content (AvgIpc) is 2.36.